The number of hydrogen-bond donors (Lipinski definition) is 1. The van der Waals surface area contributed by atoms with Crippen molar-refractivity contribution in [2.45, 2.75) is 192 Å². The number of cyclic esters (lactones) is 2. The Bertz CT molecular complexity index is 2200. The number of carbonyl (C=O) groups is 2. The van der Waals surface area contributed by atoms with E-state index in [9.17, 15) is 14.7 Å². The zero-order valence-corrected chi connectivity index (χ0v) is 48.1. The van der Waals surface area contributed by atoms with Gasteiger partial charge in [0, 0.05) is 59.5 Å². The van der Waals surface area contributed by atoms with Gasteiger partial charge >= 0.3 is 11.9 Å². The molecule has 2 fully saturated rings. The lowest BCUT2D eigenvalue weighted by Crippen LogP contribution is -2.44. The van der Waals surface area contributed by atoms with Crippen molar-refractivity contribution in [1.82, 2.24) is 0 Å². The van der Waals surface area contributed by atoms with Crippen LogP contribution in [0.3, 0.4) is 0 Å². The number of fused-ring (bicyclic) bond motifs is 4. The fourth-order valence-electron chi connectivity index (χ4n) is 8.96. The maximum atomic E-state index is 13.7. The second kappa shape index (κ2) is 28.0. The van der Waals surface area contributed by atoms with E-state index >= 15 is 0 Å². The van der Waals surface area contributed by atoms with Gasteiger partial charge in [0.2, 0.25) is 0 Å². The predicted octanol–water partition coefficient (Wildman–Crippen LogP) is 9.75. The number of esters is 2. The minimum Gasteiger partial charge on any atom is -0.467 e. The van der Waals surface area contributed by atoms with Crippen molar-refractivity contribution in [1.29, 1.82) is 0 Å². The van der Waals surface area contributed by atoms with Gasteiger partial charge in [-0.15, -0.1) is 0 Å². The van der Waals surface area contributed by atoms with E-state index in [0.717, 1.165) is 12.0 Å². The van der Waals surface area contributed by atoms with E-state index in [1.807, 2.05) is 71.9 Å². The van der Waals surface area contributed by atoms with E-state index in [1.54, 1.807) is 25.3 Å². The van der Waals surface area contributed by atoms with Gasteiger partial charge in [0.1, 0.15) is 58.5 Å². The van der Waals surface area contributed by atoms with Crippen molar-refractivity contribution in [3.63, 3.8) is 0 Å². The van der Waals surface area contributed by atoms with Crippen LogP contribution < -0.4 is 18.9 Å². The number of ether oxygens (including phenoxy) is 14. The van der Waals surface area contributed by atoms with E-state index in [0.29, 0.717) is 66.9 Å². The van der Waals surface area contributed by atoms with Gasteiger partial charge in [0.05, 0.1) is 18.3 Å². The van der Waals surface area contributed by atoms with Crippen molar-refractivity contribution in [3.8, 4) is 23.0 Å². The molecule has 6 rings (SSSR count). The first-order valence-corrected chi connectivity index (χ1v) is 28.9. The molecule has 0 spiro atoms. The number of aliphatic hydroxyl groups is 1. The molecule has 4 aliphatic heterocycles. The van der Waals surface area contributed by atoms with Crippen LogP contribution in [-0.4, -0.2) is 141 Å². The van der Waals surface area contributed by atoms with Crippen LogP contribution in [0.4, 0.5) is 0 Å². The molecule has 0 saturated carbocycles. The smallest absolute Gasteiger partial charge is 0.342 e. The van der Waals surface area contributed by atoms with E-state index in [1.165, 1.54) is 21.3 Å². The Kier molecular flexibility index (Phi) is 23.0. The quantitative estimate of drug-likeness (QED) is 0.0812. The molecule has 4 aliphatic rings. The molecule has 8 atom stereocenters. The zero-order valence-electron chi connectivity index (χ0n) is 47.1. The summed E-state index contributed by atoms with van der Waals surface area (Å²) < 4.78 is 86.6. The first kappa shape index (κ1) is 61.7. The van der Waals surface area contributed by atoms with Crippen molar-refractivity contribution < 1.29 is 85.4 Å². The third kappa shape index (κ3) is 18.5. The van der Waals surface area contributed by atoms with Crippen molar-refractivity contribution in [2.24, 2.45) is 0 Å². The second-order valence-corrected chi connectivity index (χ2v) is 26.6. The number of hydrogen-bond acceptors (Lipinski definition) is 18. The summed E-state index contributed by atoms with van der Waals surface area (Å²) in [7, 11) is 3.91. The van der Waals surface area contributed by atoms with Crippen LogP contribution in [0.5, 0.6) is 23.0 Å². The summed E-state index contributed by atoms with van der Waals surface area (Å²) in [6.07, 6.45) is 9.68. The average molecular weight is 1080 g/mol. The molecule has 0 radical (unpaired) electrons. The summed E-state index contributed by atoms with van der Waals surface area (Å²) in [4.78, 5) is 26.9. The standard InChI is InChI=1S/C31H50O9Si.C25H36O9/c1-21-12-11-13-25-26(39-31(5,6)38-25)15-14-23(40-41(9,10)30(2,3)4)16-22-17-24(35-19-33-7)18-27(36-20-34-8)28(22)29(32)37-21;1-16-7-6-8-20-21(34-25(2,3)33-20)10-9-18(26)11-17-12-19(30-14-28-4)13-22(31-15-29-5)23(17)24(27)32-16/h11,13,17-18,21,23,25-26H,12,14-16,19-20H2,1-10H3;6,8,12-13,16,18,20-21,26H,7,9-11,14-15H2,1-5H3/b13-11+;8-6+/t21-,23?,25+,26-;16-,18?,20+,21-/m00/s1. The average Bonchev–Trinajstić information content (AvgIpc) is 3.79. The molecule has 19 heteroatoms. The molecular weight excluding hydrogens is 989 g/mol. The van der Waals surface area contributed by atoms with E-state index < -0.39 is 44.0 Å². The molecule has 0 bridgehead atoms. The highest BCUT2D eigenvalue weighted by Gasteiger charge is 2.43. The van der Waals surface area contributed by atoms with Crippen LogP contribution in [0, 0.1) is 0 Å². The van der Waals surface area contributed by atoms with Gasteiger partial charge in [-0.25, -0.2) is 9.59 Å². The molecular formula is C56H86O18Si. The highest BCUT2D eigenvalue weighted by Crippen LogP contribution is 2.41. The van der Waals surface area contributed by atoms with E-state index in [4.69, 9.17) is 70.7 Å². The topological polar surface area (TPSA) is 193 Å². The maximum Gasteiger partial charge on any atom is 0.342 e. The SMILES string of the molecule is COCOc1cc2c(c(OCOC)c1)C(=O)O[C@@H](C)C/C=C/[C@H]1OC(C)(C)O[C@H]1CCC(O)C2.COCOc1cc2c(c(OCOC)c1)C(=O)O[C@@H](C)C/C=C/[C@H]1OC(C)(C)O[C@H]1CCC(O[Si](C)(C)C(C)(C)C)C2. The normalized spacial score (nSPS) is 27.2. The number of rotatable bonds is 14. The van der Waals surface area contributed by atoms with Gasteiger partial charge in [-0.05, 0) is 121 Å². The Morgan fingerprint density at radius 3 is 1.44 bits per heavy atom. The number of benzene rings is 2. The minimum absolute atomic E-state index is 0.000326. The molecule has 0 aliphatic carbocycles. The van der Waals surface area contributed by atoms with Crippen LogP contribution in [0.2, 0.25) is 18.1 Å². The number of carbonyl (C=O) groups excluding carboxylic acids is 2. The summed E-state index contributed by atoms with van der Waals surface area (Å²) in [5.41, 5.74) is 1.87. The van der Waals surface area contributed by atoms with Gasteiger partial charge in [0.25, 0.3) is 0 Å². The molecule has 75 heavy (non-hydrogen) atoms. The Hall–Kier alpha value is -4.12. The first-order chi connectivity index (χ1) is 35.4. The van der Waals surface area contributed by atoms with Gasteiger partial charge in [-0.3, -0.25) is 0 Å². The summed E-state index contributed by atoms with van der Waals surface area (Å²) in [6, 6.07) is 6.82. The Balaban J connectivity index is 0.000000282. The van der Waals surface area contributed by atoms with Gasteiger partial charge < -0.3 is 75.8 Å². The molecule has 2 aromatic carbocycles. The molecule has 2 unspecified atom stereocenters. The number of aliphatic hydroxyl groups excluding tert-OH is 1. The lowest BCUT2D eigenvalue weighted by molar-refractivity contribution is -0.144. The molecule has 0 amide bonds. The van der Waals surface area contributed by atoms with Crippen LogP contribution >= 0.6 is 0 Å². The summed E-state index contributed by atoms with van der Waals surface area (Å²) in [5.74, 6) is -0.848. The molecule has 422 valence electrons. The van der Waals surface area contributed by atoms with Crippen molar-refractivity contribution in [3.05, 3.63) is 70.8 Å². The lowest BCUT2D eigenvalue weighted by atomic mass is 9.96. The Labute approximate surface area is 445 Å². The Morgan fingerprint density at radius 2 is 1.01 bits per heavy atom. The van der Waals surface area contributed by atoms with Crippen molar-refractivity contribution >= 4 is 20.3 Å². The number of methoxy groups -OCH3 is 4. The van der Waals surface area contributed by atoms with Crippen LogP contribution in [0.25, 0.3) is 0 Å². The second-order valence-electron chi connectivity index (χ2n) is 21.9. The minimum atomic E-state index is -2.19. The summed E-state index contributed by atoms with van der Waals surface area (Å²) in [6.45, 7) is 22.4. The first-order valence-electron chi connectivity index (χ1n) is 26.0. The van der Waals surface area contributed by atoms with Crippen LogP contribution in [0.1, 0.15) is 133 Å². The predicted molar refractivity (Wildman–Crippen MR) is 282 cm³/mol. The van der Waals surface area contributed by atoms with Gasteiger partial charge in [-0.1, -0.05) is 45.1 Å². The zero-order chi connectivity index (χ0) is 55.1. The van der Waals surface area contributed by atoms with Crippen LogP contribution in [0.15, 0.2) is 48.6 Å². The summed E-state index contributed by atoms with van der Waals surface area (Å²) >= 11 is 0. The molecule has 1 N–H and O–H groups in total. The largest absolute Gasteiger partial charge is 0.467 e. The molecule has 0 aromatic heterocycles. The fourth-order valence-corrected chi connectivity index (χ4v) is 10.3. The third-order valence-electron chi connectivity index (χ3n) is 13.4. The molecule has 18 nitrogen and oxygen atoms in total. The van der Waals surface area contributed by atoms with E-state index in [2.05, 4.69) is 33.9 Å². The van der Waals surface area contributed by atoms with Gasteiger partial charge in [-0.2, -0.15) is 0 Å². The fraction of sp³-hybridized carbons (Fsp3) is 0.679. The highest BCUT2D eigenvalue weighted by atomic mass is 28.4. The molecule has 4 heterocycles. The Morgan fingerprint density at radius 1 is 0.600 bits per heavy atom. The monoisotopic (exact) mass is 1070 g/mol. The molecule has 2 aromatic rings. The highest BCUT2D eigenvalue weighted by molar-refractivity contribution is 6.74. The van der Waals surface area contributed by atoms with Crippen molar-refractivity contribution in [2.75, 3.05) is 55.6 Å². The lowest BCUT2D eigenvalue weighted by Gasteiger charge is -2.40. The third-order valence-corrected chi connectivity index (χ3v) is 18.0. The summed E-state index contributed by atoms with van der Waals surface area (Å²) in [5, 5.41) is 10.9. The molecule has 2 saturated heterocycles. The van der Waals surface area contributed by atoms with E-state index in [-0.39, 0.29) is 86.6 Å². The van der Waals surface area contributed by atoms with Gasteiger partial charge in [0.15, 0.2) is 47.1 Å². The van der Waals surface area contributed by atoms with Crippen LogP contribution in [-0.2, 0) is 64.6 Å². The maximum absolute atomic E-state index is 13.7.